The third-order valence-electron chi connectivity index (χ3n) is 4.33. The monoisotopic (exact) mass is 386 g/mol. The molecule has 0 aliphatic rings. The molecule has 1 aromatic heterocycles. The quantitative estimate of drug-likeness (QED) is 0.274. The summed E-state index contributed by atoms with van der Waals surface area (Å²) in [5.74, 6) is -0.698. The van der Waals surface area contributed by atoms with Crippen molar-refractivity contribution < 1.29 is 18.3 Å². The molecule has 4 nitrogen and oxygen atoms in total. The van der Waals surface area contributed by atoms with Gasteiger partial charge in [0.15, 0.2) is 5.43 Å². The molecule has 4 aromatic rings. The van der Waals surface area contributed by atoms with Gasteiger partial charge in [-0.1, -0.05) is 42.5 Å². The van der Waals surface area contributed by atoms with Crippen LogP contribution in [0.15, 0.2) is 94.3 Å². The van der Waals surface area contributed by atoms with Crippen LogP contribution in [0.3, 0.4) is 0 Å². The zero-order chi connectivity index (χ0) is 20.2. The first-order valence-corrected chi connectivity index (χ1v) is 8.86. The lowest BCUT2D eigenvalue weighted by Crippen LogP contribution is -2.06. The van der Waals surface area contributed by atoms with E-state index in [-0.39, 0.29) is 17.0 Å². The van der Waals surface area contributed by atoms with Crippen LogP contribution in [-0.4, -0.2) is 5.97 Å². The zero-order valence-electron chi connectivity index (χ0n) is 15.2. The Morgan fingerprint density at radius 3 is 2.48 bits per heavy atom. The lowest BCUT2D eigenvalue weighted by Gasteiger charge is -2.05. The van der Waals surface area contributed by atoms with Gasteiger partial charge in [0.25, 0.3) is 0 Å². The number of benzene rings is 3. The molecule has 4 rings (SSSR count). The fraction of sp³-hybridized carbons (Fsp3) is 0. The van der Waals surface area contributed by atoms with Crippen LogP contribution < -0.4 is 10.2 Å². The van der Waals surface area contributed by atoms with Crippen LogP contribution in [0, 0.1) is 5.82 Å². The minimum atomic E-state index is -0.600. The second kappa shape index (κ2) is 7.94. The van der Waals surface area contributed by atoms with Crippen molar-refractivity contribution in [3.63, 3.8) is 0 Å². The van der Waals surface area contributed by atoms with Gasteiger partial charge in [0, 0.05) is 12.1 Å². The SMILES string of the molecule is O=C(C=Cc1ccc(F)cc1)Oc1ccc2c(=O)c(-c3ccccc3)coc2c1. The first-order valence-electron chi connectivity index (χ1n) is 8.86. The van der Waals surface area contributed by atoms with Crippen LogP contribution >= 0.6 is 0 Å². The summed E-state index contributed by atoms with van der Waals surface area (Å²) in [5, 5.41) is 0.396. The van der Waals surface area contributed by atoms with E-state index in [4.69, 9.17) is 9.15 Å². The lowest BCUT2D eigenvalue weighted by atomic mass is 10.1. The Hall–Kier alpha value is -3.99. The molecule has 0 saturated heterocycles. The molecule has 142 valence electrons. The fourth-order valence-electron chi connectivity index (χ4n) is 2.88. The molecule has 1 heterocycles. The molecule has 0 spiro atoms. The summed E-state index contributed by atoms with van der Waals surface area (Å²) in [6.45, 7) is 0. The maximum absolute atomic E-state index is 12.9. The Kier molecular flexibility index (Phi) is 5.03. The number of hydrogen-bond donors (Lipinski definition) is 0. The third kappa shape index (κ3) is 4.14. The van der Waals surface area contributed by atoms with Gasteiger partial charge in [0.1, 0.15) is 23.4 Å². The van der Waals surface area contributed by atoms with Gasteiger partial charge in [-0.25, -0.2) is 9.18 Å². The second-order valence-corrected chi connectivity index (χ2v) is 6.31. The van der Waals surface area contributed by atoms with E-state index in [9.17, 15) is 14.0 Å². The van der Waals surface area contributed by atoms with Crippen LogP contribution in [0.4, 0.5) is 4.39 Å². The summed E-state index contributed by atoms with van der Waals surface area (Å²) in [4.78, 5) is 24.8. The number of halogens is 1. The predicted molar refractivity (Wildman–Crippen MR) is 109 cm³/mol. The standard InChI is InChI=1S/C24H15FO4/c25-18-9-6-16(7-10-18)8-13-23(26)29-19-11-12-20-22(14-19)28-15-21(24(20)27)17-4-2-1-3-5-17/h1-15H. The number of carbonyl (C=O) groups is 1. The molecule has 0 aliphatic heterocycles. The van der Waals surface area contributed by atoms with E-state index in [2.05, 4.69) is 0 Å². The zero-order valence-corrected chi connectivity index (χ0v) is 15.2. The molecule has 3 aromatic carbocycles. The summed E-state index contributed by atoms with van der Waals surface area (Å²) in [6.07, 6.45) is 4.17. The minimum Gasteiger partial charge on any atom is -0.463 e. The number of rotatable bonds is 4. The lowest BCUT2D eigenvalue weighted by molar-refractivity contribution is -0.128. The van der Waals surface area contributed by atoms with E-state index in [1.165, 1.54) is 42.7 Å². The van der Waals surface area contributed by atoms with Crippen molar-refractivity contribution >= 4 is 23.0 Å². The van der Waals surface area contributed by atoms with Gasteiger partial charge in [-0.05, 0) is 41.5 Å². The molecular formula is C24H15FO4. The average Bonchev–Trinajstić information content (AvgIpc) is 2.74. The van der Waals surface area contributed by atoms with E-state index in [1.54, 1.807) is 18.2 Å². The van der Waals surface area contributed by atoms with Crippen LogP contribution in [0.25, 0.3) is 28.2 Å². The summed E-state index contributed by atoms with van der Waals surface area (Å²) in [7, 11) is 0. The van der Waals surface area contributed by atoms with Crippen molar-refractivity contribution in [1.29, 1.82) is 0 Å². The van der Waals surface area contributed by atoms with E-state index in [0.717, 1.165) is 5.56 Å². The molecule has 0 radical (unpaired) electrons. The Morgan fingerprint density at radius 1 is 0.966 bits per heavy atom. The highest BCUT2D eigenvalue weighted by Crippen LogP contribution is 2.23. The summed E-state index contributed by atoms with van der Waals surface area (Å²) >= 11 is 0. The maximum atomic E-state index is 12.9. The Bertz CT molecular complexity index is 1260. The van der Waals surface area contributed by atoms with Crippen molar-refractivity contribution in [3.8, 4) is 16.9 Å². The molecular weight excluding hydrogens is 371 g/mol. The van der Waals surface area contributed by atoms with E-state index in [1.807, 2.05) is 30.3 Å². The molecule has 0 bridgehead atoms. The van der Waals surface area contributed by atoms with Crippen molar-refractivity contribution in [1.82, 2.24) is 0 Å². The normalized spacial score (nSPS) is 11.1. The largest absolute Gasteiger partial charge is 0.463 e. The van der Waals surface area contributed by atoms with E-state index >= 15 is 0 Å². The van der Waals surface area contributed by atoms with Crippen molar-refractivity contribution in [2.24, 2.45) is 0 Å². The van der Waals surface area contributed by atoms with Gasteiger partial charge in [-0.3, -0.25) is 4.79 Å². The van der Waals surface area contributed by atoms with Crippen LogP contribution in [0.5, 0.6) is 5.75 Å². The average molecular weight is 386 g/mol. The Morgan fingerprint density at radius 2 is 1.72 bits per heavy atom. The summed E-state index contributed by atoms with van der Waals surface area (Å²) in [6, 6.07) is 19.6. The first-order chi connectivity index (χ1) is 14.1. The fourth-order valence-corrected chi connectivity index (χ4v) is 2.88. The van der Waals surface area contributed by atoms with Gasteiger partial charge >= 0.3 is 5.97 Å². The summed E-state index contributed by atoms with van der Waals surface area (Å²) < 4.78 is 23.8. The number of esters is 1. The van der Waals surface area contributed by atoms with Gasteiger partial charge < -0.3 is 9.15 Å². The smallest absolute Gasteiger partial charge is 0.336 e. The van der Waals surface area contributed by atoms with Crippen molar-refractivity contribution in [2.45, 2.75) is 0 Å². The predicted octanol–water partition coefficient (Wildman–Crippen LogP) is 5.22. The highest BCUT2D eigenvalue weighted by molar-refractivity contribution is 5.89. The molecule has 5 heteroatoms. The summed E-state index contributed by atoms with van der Waals surface area (Å²) in [5.41, 5.74) is 2.06. The van der Waals surface area contributed by atoms with Gasteiger partial charge in [-0.15, -0.1) is 0 Å². The second-order valence-electron chi connectivity index (χ2n) is 6.31. The molecule has 0 unspecified atom stereocenters. The third-order valence-corrected chi connectivity index (χ3v) is 4.33. The van der Waals surface area contributed by atoms with Gasteiger partial charge in [0.2, 0.25) is 0 Å². The van der Waals surface area contributed by atoms with Gasteiger partial charge in [-0.2, -0.15) is 0 Å². The van der Waals surface area contributed by atoms with Crippen LogP contribution in [0.2, 0.25) is 0 Å². The molecule has 0 aliphatic carbocycles. The van der Waals surface area contributed by atoms with Crippen LogP contribution in [0.1, 0.15) is 5.56 Å². The van der Waals surface area contributed by atoms with E-state index in [0.29, 0.717) is 22.1 Å². The number of ether oxygens (including phenoxy) is 1. The molecule has 0 saturated carbocycles. The number of hydrogen-bond acceptors (Lipinski definition) is 4. The van der Waals surface area contributed by atoms with Crippen molar-refractivity contribution in [2.75, 3.05) is 0 Å². The molecule has 0 amide bonds. The molecule has 0 N–H and O–H groups in total. The Balaban J connectivity index is 1.55. The van der Waals surface area contributed by atoms with Gasteiger partial charge in [0.05, 0.1) is 10.9 Å². The molecule has 29 heavy (non-hydrogen) atoms. The molecule has 0 fully saturated rings. The van der Waals surface area contributed by atoms with Crippen LogP contribution in [-0.2, 0) is 4.79 Å². The highest BCUT2D eigenvalue weighted by Gasteiger charge is 2.10. The highest BCUT2D eigenvalue weighted by atomic mass is 19.1. The maximum Gasteiger partial charge on any atom is 0.336 e. The minimum absolute atomic E-state index is 0.161. The van der Waals surface area contributed by atoms with Crippen molar-refractivity contribution in [3.05, 3.63) is 107 Å². The Labute approximate surface area is 165 Å². The number of fused-ring (bicyclic) bond motifs is 1. The van der Waals surface area contributed by atoms with E-state index < -0.39 is 5.97 Å². The number of carbonyl (C=O) groups excluding carboxylic acids is 1. The topological polar surface area (TPSA) is 56.5 Å². The first kappa shape index (κ1) is 18.4. The molecule has 0 atom stereocenters.